The van der Waals surface area contributed by atoms with E-state index in [1.165, 1.54) is 42.6 Å². The summed E-state index contributed by atoms with van der Waals surface area (Å²) in [5, 5.41) is 8.50. The van der Waals surface area contributed by atoms with E-state index in [-0.39, 0.29) is 12.1 Å². The molecule has 1 aliphatic carbocycles. The van der Waals surface area contributed by atoms with Crippen LogP contribution in [0.25, 0.3) is 0 Å². The summed E-state index contributed by atoms with van der Waals surface area (Å²) in [4.78, 5) is 16.8. The number of aromatic nitrogens is 2. The second-order valence-corrected chi connectivity index (χ2v) is 7.99. The topological polar surface area (TPSA) is 52.2 Å². The van der Waals surface area contributed by atoms with Crippen LogP contribution in [0.3, 0.4) is 0 Å². The molecule has 138 valence electrons. The van der Waals surface area contributed by atoms with E-state index in [0.717, 1.165) is 12.1 Å². The zero-order valence-corrected chi connectivity index (χ0v) is 16.1. The molecule has 2 amide bonds. The molecular formula is C20H25ClN4O. The molecule has 1 unspecified atom stereocenters. The number of carbonyl (C=O) groups excluding carboxylic acids is 1. The Hall–Kier alpha value is -2.01. The number of rotatable bonds is 2. The van der Waals surface area contributed by atoms with E-state index in [1.807, 2.05) is 36.2 Å². The number of anilines is 1. The molecule has 1 atom stereocenters. The van der Waals surface area contributed by atoms with Crippen molar-refractivity contribution in [1.29, 1.82) is 0 Å². The smallest absolute Gasteiger partial charge is 0.317 e. The van der Waals surface area contributed by atoms with Gasteiger partial charge in [-0.15, -0.1) is 0 Å². The Balaban J connectivity index is 1.58. The summed E-state index contributed by atoms with van der Waals surface area (Å²) in [5.74, 6) is 0.547. The number of benzene rings is 1. The second-order valence-electron chi connectivity index (χ2n) is 7.55. The van der Waals surface area contributed by atoms with Gasteiger partial charge in [0.1, 0.15) is 0 Å². The highest BCUT2D eigenvalue weighted by Gasteiger charge is 2.34. The molecule has 0 radical (unpaired) electrons. The quantitative estimate of drug-likeness (QED) is 0.828. The fraction of sp³-hybridized carbons (Fsp3) is 0.500. The molecule has 2 aliphatic rings. The van der Waals surface area contributed by atoms with Gasteiger partial charge in [-0.25, -0.2) is 4.79 Å². The first-order valence-corrected chi connectivity index (χ1v) is 9.78. The maximum atomic E-state index is 13.2. The Morgan fingerprint density at radius 3 is 2.85 bits per heavy atom. The van der Waals surface area contributed by atoms with Crippen LogP contribution >= 0.6 is 11.6 Å². The summed E-state index contributed by atoms with van der Waals surface area (Å²) < 4.78 is 0. The van der Waals surface area contributed by atoms with E-state index in [4.69, 9.17) is 11.6 Å². The highest BCUT2D eigenvalue weighted by Crippen LogP contribution is 2.38. The number of H-pyrrole nitrogens is 1. The number of hydrogen-bond donors (Lipinski definition) is 1. The average molecular weight is 373 g/mol. The minimum atomic E-state index is 0.00369. The Kier molecular flexibility index (Phi) is 4.65. The van der Waals surface area contributed by atoms with Crippen molar-refractivity contribution in [2.45, 2.75) is 57.5 Å². The number of fused-ring (bicyclic) bond motifs is 1. The minimum absolute atomic E-state index is 0.00369. The number of carbonyl (C=O) groups is 1. The van der Waals surface area contributed by atoms with Gasteiger partial charge in [0.25, 0.3) is 0 Å². The standard InChI is InChI=1S/C20H25ClN4O/c1-13-10-18-17(19(23-22-18)14-6-3-4-7-14)12-25(13)20(26)24(2)16-9-5-8-15(21)11-16/h5,8-9,11,13-14H,3-4,6-7,10,12H2,1-2H3,(H,22,23). The van der Waals surface area contributed by atoms with Crippen molar-refractivity contribution in [2.24, 2.45) is 0 Å². The van der Waals surface area contributed by atoms with Crippen molar-refractivity contribution in [1.82, 2.24) is 15.1 Å². The van der Waals surface area contributed by atoms with Crippen LogP contribution in [0.5, 0.6) is 0 Å². The summed E-state index contributed by atoms with van der Waals surface area (Å²) in [6.07, 6.45) is 5.81. The third kappa shape index (κ3) is 3.09. The normalized spacial score (nSPS) is 20.3. The Morgan fingerprint density at radius 1 is 1.35 bits per heavy atom. The Labute approximate surface area is 159 Å². The van der Waals surface area contributed by atoms with Gasteiger partial charge in [-0.1, -0.05) is 30.5 Å². The molecule has 1 aromatic heterocycles. The van der Waals surface area contributed by atoms with Gasteiger partial charge in [0.15, 0.2) is 0 Å². The molecule has 4 rings (SSSR count). The molecule has 0 bridgehead atoms. The first-order valence-electron chi connectivity index (χ1n) is 9.40. The molecule has 1 saturated carbocycles. The number of halogens is 1. The van der Waals surface area contributed by atoms with Crippen LogP contribution in [0.4, 0.5) is 10.5 Å². The number of amides is 2. The molecule has 0 spiro atoms. The maximum Gasteiger partial charge on any atom is 0.324 e. The Morgan fingerprint density at radius 2 is 2.12 bits per heavy atom. The lowest BCUT2D eigenvalue weighted by atomic mass is 9.93. The summed E-state index contributed by atoms with van der Waals surface area (Å²) in [5.41, 5.74) is 4.44. The minimum Gasteiger partial charge on any atom is -0.317 e. The van der Waals surface area contributed by atoms with Crippen LogP contribution in [-0.4, -0.2) is 34.2 Å². The summed E-state index contributed by atoms with van der Waals surface area (Å²) in [7, 11) is 1.81. The van der Waals surface area contributed by atoms with E-state index >= 15 is 0 Å². The number of nitrogens with zero attached hydrogens (tertiary/aromatic N) is 3. The highest BCUT2D eigenvalue weighted by molar-refractivity contribution is 6.30. The predicted molar refractivity (Wildman–Crippen MR) is 104 cm³/mol. The van der Waals surface area contributed by atoms with Crippen LogP contribution in [0, 0.1) is 0 Å². The number of urea groups is 1. The molecule has 0 saturated heterocycles. The third-order valence-corrected chi connectivity index (χ3v) is 6.05. The first kappa shape index (κ1) is 17.4. The van der Waals surface area contributed by atoms with E-state index in [9.17, 15) is 4.79 Å². The number of nitrogens with one attached hydrogen (secondary N) is 1. The predicted octanol–water partition coefficient (Wildman–Crippen LogP) is 4.72. The molecule has 1 fully saturated rings. The molecule has 5 nitrogen and oxygen atoms in total. The third-order valence-electron chi connectivity index (χ3n) is 5.81. The molecule has 1 aromatic carbocycles. The van der Waals surface area contributed by atoms with Gasteiger partial charge in [0, 0.05) is 47.4 Å². The average Bonchev–Trinajstić information content (AvgIpc) is 3.28. The van der Waals surface area contributed by atoms with Crippen LogP contribution in [0.2, 0.25) is 5.02 Å². The molecule has 2 heterocycles. The molecular weight excluding hydrogens is 348 g/mol. The van der Waals surface area contributed by atoms with Crippen LogP contribution in [-0.2, 0) is 13.0 Å². The lowest BCUT2D eigenvalue weighted by Crippen LogP contribution is -2.48. The van der Waals surface area contributed by atoms with Gasteiger partial charge >= 0.3 is 6.03 Å². The maximum absolute atomic E-state index is 13.2. The van der Waals surface area contributed by atoms with Crippen LogP contribution in [0.15, 0.2) is 24.3 Å². The number of hydrogen-bond acceptors (Lipinski definition) is 2. The summed E-state index contributed by atoms with van der Waals surface area (Å²) in [6.45, 7) is 2.73. The molecule has 6 heteroatoms. The number of aromatic amines is 1. The highest BCUT2D eigenvalue weighted by atomic mass is 35.5. The fourth-order valence-corrected chi connectivity index (χ4v) is 4.46. The Bertz CT molecular complexity index is 812. The monoisotopic (exact) mass is 372 g/mol. The largest absolute Gasteiger partial charge is 0.324 e. The van der Waals surface area contributed by atoms with Gasteiger partial charge in [0.05, 0.1) is 12.2 Å². The summed E-state index contributed by atoms with van der Waals surface area (Å²) in [6, 6.07) is 7.55. The van der Waals surface area contributed by atoms with Gasteiger partial charge in [0.2, 0.25) is 0 Å². The first-order chi connectivity index (χ1) is 12.5. The molecule has 1 aliphatic heterocycles. The van der Waals surface area contributed by atoms with Crippen molar-refractivity contribution in [3.63, 3.8) is 0 Å². The van der Waals surface area contributed by atoms with Crippen LogP contribution in [0.1, 0.15) is 55.5 Å². The van der Waals surface area contributed by atoms with Crippen molar-refractivity contribution < 1.29 is 4.79 Å². The van der Waals surface area contributed by atoms with Gasteiger partial charge in [-0.3, -0.25) is 10.00 Å². The molecule has 1 N–H and O–H groups in total. The van der Waals surface area contributed by atoms with Crippen LogP contribution < -0.4 is 4.90 Å². The second kappa shape index (κ2) is 6.95. The SMILES string of the molecule is CC1Cc2[nH]nc(C3CCCC3)c2CN1C(=O)N(C)c1cccc(Cl)c1. The zero-order chi connectivity index (χ0) is 18.3. The summed E-state index contributed by atoms with van der Waals surface area (Å²) >= 11 is 6.09. The van der Waals surface area contributed by atoms with Crippen molar-refractivity contribution in [3.05, 3.63) is 46.2 Å². The van der Waals surface area contributed by atoms with Crippen molar-refractivity contribution in [3.8, 4) is 0 Å². The van der Waals surface area contributed by atoms with Crippen molar-refractivity contribution >= 4 is 23.3 Å². The molecule has 26 heavy (non-hydrogen) atoms. The van der Waals surface area contributed by atoms with Gasteiger partial charge < -0.3 is 4.90 Å². The van der Waals surface area contributed by atoms with Gasteiger partial charge in [-0.2, -0.15) is 5.10 Å². The van der Waals surface area contributed by atoms with E-state index in [0.29, 0.717) is 17.5 Å². The fourth-order valence-electron chi connectivity index (χ4n) is 4.28. The lowest BCUT2D eigenvalue weighted by molar-refractivity contribution is 0.176. The van der Waals surface area contributed by atoms with Gasteiger partial charge in [-0.05, 0) is 38.0 Å². The zero-order valence-electron chi connectivity index (χ0n) is 15.3. The lowest BCUT2D eigenvalue weighted by Gasteiger charge is -2.36. The van der Waals surface area contributed by atoms with E-state index in [2.05, 4.69) is 17.1 Å². The van der Waals surface area contributed by atoms with E-state index < -0.39 is 0 Å². The molecule has 2 aromatic rings. The van der Waals surface area contributed by atoms with Crippen molar-refractivity contribution in [2.75, 3.05) is 11.9 Å². The van der Waals surface area contributed by atoms with E-state index in [1.54, 1.807) is 4.90 Å².